The summed E-state index contributed by atoms with van der Waals surface area (Å²) in [5.74, 6) is 1.28. The lowest BCUT2D eigenvalue weighted by molar-refractivity contribution is 0.127. The van der Waals surface area contributed by atoms with Gasteiger partial charge in [-0.05, 0) is 68.3 Å². The Balaban J connectivity index is 1.59. The van der Waals surface area contributed by atoms with Crippen molar-refractivity contribution in [2.45, 2.75) is 50.1 Å². The fraction of sp³-hybridized carbons (Fsp3) is 0.455. The molecular formula is C22H26ClN. The third-order valence-electron chi connectivity index (χ3n) is 6.22. The quantitative estimate of drug-likeness (QED) is 0.687. The van der Waals surface area contributed by atoms with Crippen molar-refractivity contribution < 1.29 is 0 Å². The van der Waals surface area contributed by atoms with Crippen LogP contribution in [-0.2, 0) is 0 Å². The van der Waals surface area contributed by atoms with E-state index in [0.29, 0.717) is 5.92 Å². The van der Waals surface area contributed by atoms with Crippen molar-refractivity contribution in [3.63, 3.8) is 0 Å². The molecule has 126 valence electrons. The number of benzene rings is 2. The maximum atomic E-state index is 6.29. The molecule has 0 radical (unpaired) electrons. The second-order valence-corrected chi connectivity index (χ2v) is 8.08. The molecule has 4 rings (SSSR count). The summed E-state index contributed by atoms with van der Waals surface area (Å²) in [6.07, 6.45) is 6.74. The maximum Gasteiger partial charge on any atom is 0.0408 e. The first-order chi connectivity index (χ1) is 11.7. The van der Waals surface area contributed by atoms with E-state index in [9.17, 15) is 0 Å². The lowest BCUT2D eigenvalue weighted by atomic mass is 9.78. The first kappa shape index (κ1) is 16.2. The Hall–Kier alpha value is -1.31. The molecule has 2 aliphatic heterocycles. The van der Waals surface area contributed by atoms with Crippen LogP contribution in [0.3, 0.4) is 0 Å². The summed E-state index contributed by atoms with van der Waals surface area (Å²) in [5, 5.41) is 0.844. The van der Waals surface area contributed by atoms with Crippen LogP contribution >= 0.6 is 11.6 Å². The molecule has 0 aliphatic carbocycles. The number of fused-ring (bicyclic) bond motifs is 2. The predicted octanol–water partition coefficient (Wildman–Crippen LogP) is 5.73. The molecule has 1 nitrogen and oxygen atoms in total. The molecule has 0 amide bonds. The van der Waals surface area contributed by atoms with Gasteiger partial charge in [0, 0.05) is 23.0 Å². The van der Waals surface area contributed by atoms with Gasteiger partial charge in [0.1, 0.15) is 0 Å². The van der Waals surface area contributed by atoms with Gasteiger partial charge in [-0.1, -0.05) is 54.1 Å². The zero-order valence-electron chi connectivity index (χ0n) is 14.4. The number of hydrogen-bond donors (Lipinski definition) is 0. The molecule has 2 heterocycles. The van der Waals surface area contributed by atoms with E-state index in [-0.39, 0.29) is 0 Å². The van der Waals surface area contributed by atoms with E-state index in [1.807, 2.05) is 6.07 Å². The SMILES string of the molecule is CN1[C@@H]2CC[C@H]1CC(CC(c1ccccc1)c1cccc(Cl)c1)C2. The van der Waals surface area contributed by atoms with Crippen molar-refractivity contribution in [1.29, 1.82) is 0 Å². The van der Waals surface area contributed by atoms with Gasteiger partial charge in [0.15, 0.2) is 0 Å². The molecule has 2 aromatic rings. The minimum atomic E-state index is 0.456. The Bertz CT molecular complexity index is 669. The Labute approximate surface area is 150 Å². The monoisotopic (exact) mass is 339 g/mol. The first-order valence-electron chi connectivity index (χ1n) is 9.23. The molecule has 2 unspecified atom stereocenters. The number of rotatable bonds is 4. The molecule has 4 atom stereocenters. The molecule has 2 bridgehead atoms. The minimum Gasteiger partial charge on any atom is -0.300 e. The van der Waals surface area contributed by atoms with Gasteiger partial charge in [-0.25, -0.2) is 0 Å². The van der Waals surface area contributed by atoms with E-state index in [2.05, 4.69) is 60.5 Å². The number of nitrogens with zero attached hydrogens (tertiary/aromatic N) is 1. The summed E-state index contributed by atoms with van der Waals surface area (Å²) in [6, 6.07) is 21.0. The highest BCUT2D eigenvalue weighted by Crippen LogP contribution is 2.42. The van der Waals surface area contributed by atoms with Crippen LogP contribution in [0.4, 0.5) is 0 Å². The van der Waals surface area contributed by atoms with Crippen molar-refractivity contribution in [3.05, 3.63) is 70.7 Å². The fourth-order valence-corrected chi connectivity index (χ4v) is 5.12. The van der Waals surface area contributed by atoms with Crippen LogP contribution in [0.2, 0.25) is 5.02 Å². The van der Waals surface area contributed by atoms with Crippen LogP contribution in [0.15, 0.2) is 54.6 Å². The highest BCUT2D eigenvalue weighted by Gasteiger charge is 2.39. The van der Waals surface area contributed by atoms with Gasteiger partial charge in [-0.15, -0.1) is 0 Å². The van der Waals surface area contributed by atoms with Crippen molar-refractivity contribution >= 4 is 11.6 Å². The van der Waals surface area contributed by atoms with Crippen molar-refractivity contribution in [1.82, 2.24) is 4.90 Å². The van der Waals surface area contributed by atoms with Gasteiger partial charge in [0.05, 0.1) is 0 Å². The smallest absolute Gasteiger partial charge is 0.0408 e. The Morgan fingerprint density at radius 1 is 0.958 bits per heavy atom. The zero-order chi connectivity index (χ0) is 16.5. The second-order valence-electron chi connectivity index (χ2n) is 7.64. The molecule has 0 spiro atoms. The molecule has 24 heavy (non-hydrogen) atoms. The van der Waals surface area contributed by atoms with Gasteiger partial charge in [-0.3, -0.25) is 0 Å². The molecule has 2 heteroatoms. The van der Waals surface area contributed by atoms with E-state index in [4.69, 9.17) is 11.6 Å². The Morgan fingerprint density at radius 2 is 1.62 bits per heavy atom. The van der Waals surface area contributed by atoms with Gasteiger partial charge in [0.25, 0.3) is 0 Å². The summed E-state index contributed by atoms with van der Waals surface area (Å²) < 4.78 is 0. The molecular weight excluding hydrogens is 314 g/mol. The largest absolute Gasteiger partial charge is 0.300 e. The molecule has 2 aliphatic rings. The summed E-state index contributed by atoms with van der Waals surface area (Å²) in [7, 11) is 2.32. The highest BCUT2D eigenvalue weighted by molar-refractivity contribution is 6.30. The predicted molar refractivity (Wildman–Crippen MR) is 102 cm³/mol. The molecule has 2 saturated heterocycles. The number of halogens is 1. The first-order valence-corrected chi connectivity index (χ1v) is 9.61. The number of hydrogen-bond acceptors (Lipinski definition) is 1. The summed E-state index contributed by atoms with van der Waals surface area (Å²) >= 11 is 6.29. The summed E-state index contributed by atoms with van der Waals surface area (Å²) in [6.45, 7) is 0. The average Bonchev–Trinajstić information content (AvgIpc) is 2.82. The summed E-state index contributed by atoms with van der Waals surface area (Å²) in [4.78, 5) is 2.63. The molecule has 2 fully saturated rings. The average molecular weight is 340 g/mol. The van der Waals surface area contributed by atoms with Crippen LogP contribution < -0.4 is 0 Å². The summed E-state index contributed by atoms with van der Waals surface area (Å²) in [5.41, 5.74) is 2.78. The Kier molecular flexibility index (Phi) is 4.65. The molecule has 0 saturated carbocycles. The normalized spacial score (nSPS) is 28.0. The van der Waals surface area contributed by atoms with Crippen molar-refractivity contribution in [2.24, 2.45) is 5.92 Å². The van der Waals surface area contributed by atoms with Gasteiger partial charge >= 0.3 is 0 Å². The van der Waals surface area contributed by atoms with Crippen LogP contribution in [0, 0.1) is 5.92 Å². The molecule has 0 aromatic heterocycles. The molecule has 2 aromatic carbocycles. The van der Waals surface area contributed by atoms with Crippen LogP contribution in [-0.4, -0.2) is 24.0 Å². The van der Waals surface area contributed by atoms with Crippen LogP contribution in [0.25, 0.3) is 0 Å². The van der Waals surface area contributed by atoms with E-state index < -0.39 is 0 Å². The van der Waals surface area contributed by atoms with Gasteiger partial charge < -0.3 is 4.90 Å². The third-order valence-corrected chi connectivity index (χ3v) is 6.45. The lowest BCUT2D eigenvalue weighted by Gasteiger charge is -2.38. The van der Waals surface area contributed by atoms with E-state index >= 15 is 0 Å². The number of piperidine rings is 1. The van der Waals surface area contributed by atoms with Gasteiger partial charge in [-0.2, -0.15) is 0 Å². The van der Waals surface area contributed by atoms with Crippen molar-refractivity contribution in [2.75, 3.05) is 7.05 Å². The maximum absolute atomic E-state index is 6.29. The highest BCUT2D eigenvalue weighted by atomic mass is 35.5. The minimum absolute atomic E-state index is 0.456. The van der Waals surface area contributed by atoms with Crippen LogP contribution in [0.5, 0.6) is 0 Å². The topological polar surface area (TPSA) is 3.24 Å². The fourth-order valence-electron chi connectivity index (χ4n) is 4.92. The van der Waals surface area contributed by atoms with E-state index in [0.717, 1.165) is 23.0 Å². The lowest BCUT2D eigenvalue weighted by Crippen LogP contribution is -2.40. The van der Waals surface area contributed by atoms with E-state index in [1.54, 1.807) is 0 Å². The zero-order valence-corrected chi connectivity index (χ0v) is 15.1. The van der Waals surface area contributed by atoms with Gasteiger partial charge in [0.2, 0.25) is 0 Å². The van der Waals surface area contributed by atoms with E-state index in [1.165, 1.54) is 43.2 Å². The third kappa shape index (κ3) is 3.25. The van der Waals surface area contributed by atoms with Crippen LogP contribution in [0.1, 0.15) is 49.1 Å². The standard InChI is InChI=1S/C22H26ClN/c1-24-20-10-11-21(24)13-16(12-20)14-22(17-6-3-2-4-7-17)18-8-5-9-19(23)15-18/h2-9,15-16,20-22H,10-14H2,1H3/t16?,20-,21+,22?. The second kappa shape index (κ2) is 6.90. The van der Waals surface area contributed by atoms with Crippen molar-refractivity contribution in [3.8, 4) is 0 Å². The Morgan fingerprint density at radius 3 is 2.29 bits per heavy atom. The molecule has 0 N–H and O–H groups in total.